The lowest BCUT2D eigenvalue weighted by molar-refractivity contribution is -0.140. The zero-order chi connectivity index (χ0) is 24.9. The van der Waals surface area contributed by atoms with Crippen LogP contribution < -0.4 is 4.72 Å². The Kier molecular flexibility index (Phi) is 8.25. The fourth-order valence-electron chi connectivity index (χ4n) is 3.49. The number of carboxylic acids is 1. The Morgan fingerprint density at radius 2 is 1.44 bits per heavy atom. The van der Waals surface area contributed by atoms with Gasteiger partial charge < -0.3 is 5.11 Å². The van der Waals surface area contributed by atoms with Crippen molar-refractivity contribution in [2.45, 2.75) is 37.6 Å². The topological polar surface area (TPSA) is 101 Å². The van der Waals surface area contributed by atoms with E-state index in [4.69, 9.17) is 11.6 Å². The first-order valence-electron chi connectivity index (χ1n) is 10.8. The van der Waals surface area contributed by atoms with Crippen LogP contribution in [0.1, 0.15) is 25.0 Å². The van der Waals surface area contributed by atoms with Gasteiger partial charge in [-0.2, -0.15) is 4.72 Å². The molecule has 0 unspecified atom stereocenters. The number of aliphatic carboxylic acids is 1. The maximum absolute atomic E-state index is 12.6. The Labute approximate surface area is 204 Å². The Morgan fingerprint density at radius 1 is 0.882 bits per heavy atom. The first-order chi connectivity index (χ1) is 16.1. The van der Waals surface area contributed by atoms with E-state index in [1.165, 1.54) is 12.1 Å². The summed E-state index contributed by atoms with van der Waals surface area (Å²) >= 11 is 6.13. The molecule has 1 atom stereocenters. The van der Waals surface area contributed by atoms with E-state index in [2.05, 4.69) is 4.72 Å². The van der Waals surface area contributed by atoms with Gasteiger partial charge in [0.2, 0.25) is 10.0 Å². The van der Waals surface area contributed by atoms with Gasteiger partial charge in [0.15, 0.2) is 0 Å². The zero-order valence-electron chi connectivity index (χ0n) is 18.9. The second-order valence-electron chi connectivity index (χ2n) is 8.39. The summed E-state index contributed by atoms with van der Waals surface area (Å²) < 4.78 is 27.4. The molecule has 178 valence electrons. The second-order valence-corrected chi connectivity index (χ2v) is 10.5. The highest BCUT2D eigenvalue weighted by molar-refractivity contribution is 7.89. The summed E-state index contributed by atoms with van der Waals surface area (Å²) in [6, 6.07) is 19.8. The molecule has 34 heavy (non-hydrogen) atoms. The molecule has 8 heteroatoms. The van der Waals surface area contributed by atoms with Gasteiger partial charge in [-0.3, -0.25) is 9.59 Å². The van der Waals surface area contributed by atoms with Crippen molar-refractivity contribution >= 4 is 33.4 Å². The summed E-state index contributed by atoms with van der Waals surface area (Å²) in [7, 11) is -3.98. The number of Topliss-reactive ketones (excluding diaryl/α,β-unsaturated/α-hetero) is 1. The average Bonchev–Trinajstić information content (AvgIpc) is 2.79. The van der Waals surface area contributed by atoms with Crippen molar-refractivity contribution in [2.24, 2.45) is 5.92 Å². The summed E-state index contributed by atoms with van der Waals surface area (Å²) in [4.78, 5) is 23.7. The van der Waals surface area contributed by atoms with Gasteiger partial charge in [-0.1, -0.05) is 80.0 Å². The SMILES string of the molecule is CC(C)[C@H](NS(=O)(=O)c1ccc(-c2ccc(CC(=O)Cc3ccccc3Cl)cc2)cc1)C(=O)O. The van der Waals surface area contributed by atoms with Crippen molar-refractivity contribution < 1.29 is 23.1 Å². The molecule has 0 amide bonds. The molecule has 3 aromatic rings. The monoisotopic (exact) mass is 499 g/mol. The number of hydrogen-bond donors (Lipinski definition) is 2. The highest BCUT2D eigenvalue weighted by Gasteiger charge is 2.27. The van der Waals surface area contributed by atoms with E-state index in [-0.39, 0.29) is 23.5 Å². The summed E-state index contributed by atoms with van der Waals surface area (Å²) in [5.74, 6) is -1.56. The maximum atomic E-state index is 12.6. The molecule has 0 aromatic heterocycles. The largest absolute Gasteiger partial charge is 0.480 e. The molecule has 0 bridgehead atoms. The number of ketones is 1. The molecule has 0 saturated heterocycles. The van der Waals surface area contributed by atoms with Crippen LogP contribution in [-0.2, 0) is 32.5 Å². The van der Waals surface area contributed by atoms with Gasteiger partial charge >= 0.3 is 5.97 Å². The molecule has 6 nitrogen and oxygen atoms in total. The van der Waals surface area contributed by atoms with E-state index < -0.39 is 28.0 Å². The number of halogens is 1. The van der Waals surface area contributed by atoms with Crippen molar-refractivity contribution in [1.29, 1.82) is 0 Å². The van der Waals surface area contributed by atoms with Crippen LogP contribution in [0.15, 0.2) is 77.7 Å². The van der Waals surface area contributed by atoms with Gasteiger partial charge in [0.1, 0.15) is 11.8 Å². The van der Waals surface area contributed by atoms with Gasteiger partial charge in [0.25, 0.3) is 0 Å². The van der Waals surface area contributed by atoms with Gasteiger partial charge in [-0.15, -0.1) is 0 Å². The average molecular weight is 500 g/mol. The first-order valence-corrected chi connectivity index (χ1v) is 12.6. The number of nitrogens with one attached hydrogen (secondary N) is 1. The number of sulfonamides is 1. The van der Waals surface area contributed by atoms with E-state index in [9.17, 15) is 23.1 Å². The molecule has 0 fully saturated rings. The minimum absolute atomic E-state index is 0.00932. The van der Waals surface area contributed by atoms with E-state index >= 15 is 0 Å². The van der Waals surface area contributed by atoms with Crippen LogP contribution in [0.2, 0.25) is 5.02 Å². The van der Waals surface area contributed by atoms with Crippen molar-refractivity contribution in [1.82, 2.24) is 4.72 Å². The number of hydrogen-bond acceptors (Lipinski definition) is 4. The molecule has 3 aromatic carbocycles. The molecular weight excluding hydrogens is 474 g/mol. The highest BCUT2D eigenvalue weighted by atomic mass is 35.5. The Bertz CT molecular complexity index is 1270. The van der Waals surface area contributed by atoms with Gasteiger partial charge in [0, 0.05) is 17.9 Å². The van der Waals surface area contributed by atoms with Crippen molar-refractivity contribution in [3.8, 4) is 11.1 Å². The number of carbonyl (C=O) groups excluding carboxylic acids is 1. The summed E-state index contributed by atoms with van der Waals surface area (Å²) in [6.07, 6.45) is 0.555. The third-order valence-corrected chi connectivity index (χ3v) is 7.24. The predicted octanol–water partition coefficient (Wildman–Crippen LogP) is 4.75. The van der Waals surface area contributed by atoms with E-state index in [1.54, 1.807) is 32.0 Å². The molecular formula is C26H26ClNO5S. The minimum atomic E-state index is -3.98. The standard InChI is InChI=1S/C26H26ClNO5S/c1-17(2)25(26(30)31)28-34(32,33)23-13-11-20(12-14-23)19-9-7-18(8-10-19)15-22(29)16-21-5-3-4-6-24(21)27/h3-14,17,25,28H,15-16H2,1-2H3,(H,30,31)/t25-/m0/s1. The van der Waals surface area contributed by atoms with Crippen LogP contribution in [0.25, 0.3) is 11.1 Å². The maximum Gasteiger partial charge on any atom is 0.322 e. The van der Waals surface area contributed by atoms with Gasteiger partial charge in [-0.05, 0) is 46.4 Å². The summed E-state index contributed by atoms with van der Waals surface area (Å²) in [5, 5.41) is 9.83. The molecule has 0 heterocycles. The molecule has 0 aliphatic rings. The molecule has 2 N–H and O–H groups in total. The number of carbonyl (C=O) groups is 2. The quantitative estimate of drug-likeness (QED) is 0.419. The Hall–Kier alpha value is -3.00. The Morgan fingerprint density at radius 3 is 1.97 bits per heavy atom. The summed E-state index contributed by atoms with van der Waals surface area (Å²) in [6.45, 7) is 3.27. The van der Waals surface area contributed by atoms with E-state index in [0.717, 1.165) is 22.3 Å². The van der Waals surface area contributed by atoms with Crippen LogP contribution in [-0.4, -0.2) is 31.3 Å². The fourth-order valence-corrected chi connectivity index (χ4v) is 5.03. The molecule has 0 aliphatic heterocycles. The number of benzene rings is 3. The van der Waals surface area contributed by atoms with Crippen LogP contribution in [0.4, 0.5) is 0 Å². The summed E-state index contributed by atoms with van der Waals surface area (Å²) in [5.41, 5.74) is 3.34. The lowest BCUT2D eigenvalue weighted by atomic mass is 9.99. The normalized spacial score (nSPS) is 12.5. The number of carboxylic acid groups (broad SMARTS) is 1. The highest BCUT2D eigenvalue weighted by Crippen LogP contribution is 2.23. The molecule has 0 radical (unpaired) electrons. The zero-order valence-corrected chi connectivity index (χ0v) is 20.4. The van der Waals surface area contributed by atoms with Gasteiger partial charge in [0.05, 0.1) is 4.90 Å². The van der Waals surface area contributed by atoms with Crippen LogP contribution in [0, 0.1) is 5.92 Å². The first kappa shape index (κ1) is 25.6. The van der Waals surface area contributed by atoms with E-state index in [1.807, 2.05) is 42.5 Å². The molecule has 0 saturated carbocycles. The third-order valence-electron chi connectivity index (χ3n) is 5.41. The predicted molar refractivity (Wildman–Crippen MR) is 132 cm³/mol. The molecule has 3 rings (SSSR count). The van der Waals surface area contributed by atoms with Crippen molar-refractivity contribution in [2.75, 3.05) is 0 Å². The smallest absolute Gasteiger partial charge is 0.322 e. The number of rotatable bonds is 10. The lowest BCUT2D eigenvalue weighted by Crippen LogP contribution is -2.44. The van der Waals surface area contributed by atoms with Crippen molar-refractivity contribution in [3.05, 3.63) is 88.9 Å². The van der Waals surface area contributed by atoms with Gasteiger partial charge in [-0.25, -0.2) is 8.42 Å². The van der Waals surface area contributed by atoms with Crippen LogP contribution >= 0.6 is 11.6 Å². The van der Waals surface area contributed by atoms with Crippen LogP contribution in [0.5, 0.6) is 0 Å². The van der Waals surface area contributed by atoms with E-state index in [0.29, 0.717) is 5.02 Å². The second kappa shape index (κ2) is 11.0. The molecule has 0 aliphatic carbocycles. The van der Waals surface area contributed by atoms with Crippen molar-refractivity contribution in [3.63, 3.8) is 0 Å². The van der Waals surface area contributed by atoms with Crippen LogP contribution in [0.3, 0.4) is 0 Å². The fraction of sp³-hybridized carbons (Fsp3) is 0.231. The lowest BCUT2D eigenvalue weighted by Gasteiger charge is -2.18. The Balaban J connectivity index is 1.67. The minimum Gasteiger partial charge on any atom is -0.480 e. The third kappa shape index (κ3) is 6.53. The molecule has 0 spiro atoms.